The van der Waals surface area contributed by atoms with Crippen LogP contribution in [0.5, 0.6) is 0 Å². The Morgan fingerprint density at radius 3 is 2.33 bits per heavy atom. The van der Waals surface area contributed by atoms with Crippen LogP contribution in [0.1, 0.15) is 36.8 Å². The van der Waals surface area contributed by atoms with Crippen molar-refractivity contribution in [3.8, 4) is 22.3 Å². The lowest BCUT2D eigenvalue weighted by Crippen LogP contribution is -2.55. The molecule has 2 saturated carbocycles. The lowest BCUT2D eigenvalue weighted by atomic mass is 9.96. The molecule has 1 spiro atoms. The Hall–Kier alpha value is -3.74. The normalized spacial score (nSPS) is 20.6. The number of amidine groups is 1. The fourth-order valence-electron chi connectivity index (χ4n) is 5.55. The number of aryl methyl sites for hydroxylation is 1. The number of nitrogens with zero attached hydrogens (tertiary/aromatic N) is 4. The molecule has 7 heteroatoms. The first-order valence-electron chi connectivity index (χ1n) is 12.9. The van der Waals surface area contributed by atoms with E-state index in [-0.39, 0.29) is 11.8 Å². The molecular formula is C29H29N5O2. The molecule has 0 bridgehead atoms. The summed E-state index contributed by atoms with van der Waals surface area (Å²) in [6.07, 6.45) is 7.46. The number of rotatable bonds is 6. The van der Waals surface area contributed by atoms with Crippen LogP contribution in [0, 0.1) is 18.8 Å². The zero-order chi connectivity index (χ0) is 24.4. The predicted molar refractivity (Wildman–Crippen MR) is 137 cm³/mol. The van der Waals surface area contributed by atoms with Crippen LogP contribution in [0.25, 0.3) is 22.3 Å². The van der Waals surface area contributed by atoms with E-state index in [1.54, 1.807) is 0 Å². The first kappa shape index (κ1) is 21.5. The van der Waals surface area contributed by atoms with Crippen LogP contribution in [0.3, 0.4) is 0 Å². The SMILES string of the molecule is Cc1cc(-c2ccc(-c3cn[nH]c3)cc2)ccc1C1=NC2(CC2)C(=O)N1CC1CN(C(=O)C2CC2)C1. The van der Waals surface area contributed by atoms with E-state index in [4.69, 9.17) is 4.99 Å². The van der Waals surface area contributed by atoms with Gasteiger partial charge in [-0.15, -0.1) is 0 Å². The second-order valence-corrected chi connectivity index (χ2v) is 10.9. The number of carbonyl (C=O) groups excluding carboxylic acids is 2. The van der Waals surface area contributed by atoms with E-state index >= 15 is 0 Å². The molecule has 1 saturated heterocycles. The smallest absolute Gasteiger partial charge is 0.256 e. The Morgan fingerprint density at radius 2 is 1.72 bits per heavy atom. The number of nitrogens with one attached hydrogen (secondary N) is 1. The van der Waals surface area contributed by atoms with E-state index in [2.05, 4.69) is 59.6 Å². The molecule has 2 aromatic carbocycles. The van der Waals surface area contributed by atoms with Crippen molar-refractivity contribution in [3.05, 3.63) is 66.0 Å². The number of hydrogen-bond acceptors (Lipinski definition) is 4. The minimum Gasteiger partial charge on any atom is -0.342 e. The Bertz CT molecular complexity index is 1380. The molecule has 0 unspecified atom stereocenters. The van der Waals surface area contributed by atoms with Crippen LogP contribution in [-0.4, -0.2) is 62.8 Å². The monoisotopic (exact) mass is 479 g/mol. The van der Waals surface area contributed by atoms with E-state index in [9.17, 15) is 9.59 Å². The van der Waals surface area contributed by atoms with Gasteiger partial charge in [0.1, 0.15) is 11.4 Å². The maximum Gasteiger partial charge on any atom is 0.256 e. The predicted octanol–water partition coefficient (Wildman–Crippen LogP) is 4.04. The summed E-state index contributed by atoms with van der Waals surface area (Å²) in [5.74, 6) is 1.83. The van der Waals surface area contributed by atoms with Crippen molar-refractivity contribution in [2.24, 2.45) is 16.8 Å². The van der Waals surface area contributed by atoms with Gasteiger partial charge in [-0.2, -0.15) is 5.10 Å². The van der Waals surface area contributed by atoms with Crippen molar-refractivity contribution in [1.29, 1.82) is 0 Å². The van der Waals surface area contributed by atoms with Gasteiger partial charge in [-0.05, 0) is 54.9 Å². The zero-order valence-electron chi connectivity index (χ0n) is 20.4. The van der Waals surface area contributed by atoms with E-state index in [0.717, 1.165) is 78.0 Å². The van der Waals surface area contributed by atoms with E-state index < -0.39 is 5.54 Å². The van der Waals surface area contributed by atoms with Crippen LogP contribution in [-0.2, 0) is 9.59 Å². The highest BCUT2D eigenvalue weighted by molar-refractivity contribution is 6.17. The Labute approximate surface area is 210 Å². The molecule has 2 amide bonds. The van der Waals surface area contributed by atoms with Crippen molar-refractivity contribution in [2.75, 3.05) is 19.6 Å². The van der Waals surface area contributed by atoms with Gasteiger partial charge in [-0.1, -0.05) is 42.5 Å². The summed E-state index contributed by atoms with van der Waals surface area (Å²) >= 11 is 0. The average molecular weight is 480 g/mol. The second kappa shape index (κ2) is 7.88. The topological polar surface area (TPSA) is 81.7 Å². The summed E-state index contributed by atoms with van der Waals surface area (Å²) in [5.41, 5.74) is 6.08. The molecule has 1 aromatic heterocycles. The van der Waals surface area contributed by atoms with Crippen LogP contribution in [0.4, 0.5) is 0 Å². The van der Waals surface area contributed by atoms with E-state index in [1.807, 2.05) is 22.2 Å². The van der Waals surface area contributed by atoms with Crippen LogP contribution in [0.15, 0.2) is 59.9 Å². The number of aromatic nitrogens is 2. The summed E-state index contributed by atoms with van der Waals surface area (Å²) in [7, 11) is 0. The molecule has 3 aromatic rings. The number of aliphatic imine (C=N–C) groups is 1. The van der Waals surface area contributed by atoms with Gasteiger partial charge < -0.3 is 4.90 Å². The van der Waals surface area contributed by atoms with Crippen molar-refractivity contribution >= 4 is 17.6 Å². The molecule has 0 radical (unpaired) electrons. The van der Waals surface area contributed by atoms with Gasteiger partial charge in [0.2, 0.25) is 5.91 Å². The lowest BCUT2D eigenvalue weighted by molar-refractivity contribution is -0.139. The van der Waals surface area contributed by atoms with Crippen LogP contribution < -0.4 is 0 Å². The molecule has 182 valence electrons. The average Bonchev–Trinajstić information content (AvgIpc) is 3.78. The molecule has 7 rings (SSSR count). The number of hydrogen-bond donors (Lipinski definition) is 1. The Kier molecular flexibility index (Phi) is 4.72. The van der Waals surface area contributed by atoms with Crippen molar-refractivity contribution < 1.29 is 9.59 Å². The van der Waals surface area contributed by atoms with Crippen LogP contribution in [0.2, 0.25) is 0 Å². The quantitative estimate of drug-likeness (QED) is 0.579. The highest BCUT2D eigenvalue weighted by Gasteiger charge is 2.58. The minimum atomic E-state index is -0.531. The highest BCUT2D eigenvalue weighted by atomic mass is 16.2. The lowest BCUT2D eigenvalue weighted by Gasteiger charge is -2.41. The number of H-pyrrole nitrogens is 1. The second-order valence-electron chi connectivity index (χ2n) is 10.9. The molecule has 7 nitrogen and oxygen atoms in total. The highest BCUT2D eigenvalue weighted by Crippen LogP contribution is 2.46. The third-order valence-corrected chi connectivity index (χ3v) is 8.10. The Morgan fingerprint density at radius 1 is 1.03 bits per heavy atom. The molecule has 0 atom stereocenters. The summed E-state index contributed by atoms with van der Waals surface area (Å²) in [5, 5.41) is 6.89. The summed E-state index contributed by atoms with van der Waals surface area (Å²) in [4.78, 5) is 34.5. The van der Waals surface area contributed by atoms with Gasteiger partial charge in [0.15, 0.2) is 0 Å². The maximum absolute atomic E-state index is 13.3. The number of likely N-dealkylation sites (tertiary alicyclic amines) is 1. The first-order valence-corrected chi connectivity index (χ1v) is 12.9. The third kappa shape index (κ3) is 3.56. The maximum atomic E-state index is 13.3. The Balaban J connectivity index is 1.11. The molecular weight excluding hydrogens is 450 g/mol. The molecule has 2 aliphatic carbocycles. The van der Waals surface area contributed by atoms with Crippen LogP contribution >= 0.6 is 0 Å². The van der Waals surface area contributed by atoms with E-state index in [1.165, 1.54) is 0 Å². The summed E-state index contributed by atoms with van der Waals surface area (Å²) < 4.78 is 0. The first-order chi connectivity index (χ1) is 17.5. The molecule has 1 N–H and O–H groups in total. The third-order valence-electron chi connectivity index (χ3n) is 8.10. The fraction of sp³-hybridized carbons (Fsp3) is 0.379. The number of amides is 2. The summed E-state index contributed by atoms with van der Waals surface area (Å²) in [6, 6.07) is 14.9. The molecule has 36 heavy (non-hydrogen) atoms. The number of benzene rings is 2. The van der Waals surface area contributed by atoms with Crippen molar-refractivity contribution in [1.82, 2.24) is 20.0 Å². The zero-order valence-corrected chi connectivity index (χ0v) is 20.4. The summed E-state index contributed by atoms with van der Waals surface area (Å²) in [6.45, 7) is 4.25. The van der Waals surface area contributed by atoms with Gasteiger partial charge in [0.25, 0.3) is 5.91 Å². The minimum absolute atomic E-state index is 0.141. The van der Waals surface area contributed by atoms with Gasteiger partial charge in [0.05, 0.1) is 6.20 Å². The molecule has 4 aliphatic rings. The van der Waals surface area contributed by atoms with Crippen molar-refractivity contribution in [2.45, 2.75) is 38.1 Å². The van der Waals surface area contributed by atoms with Crippen molar-refractivity contribution in [3.63, 3.8) is 0 Å². The standard InChI is InChI=1S/C29H29N5O2/c1-18-12-23(20-2-4-21(5-3-20)24-13-30-31-14-24)8-9-25(18)26-32-29(10-11-29)28(36)34(26)17-19-15-33(16-19)27(35)22-6-7-22/h2-5,8-9,12-14,19,22H,6-7,10-11,15-17H2,1H3,(H,30,31). The molecule has 2 aliphatic heterocycles. The molecule has 3 fully saturated rings. The largest absolute Gasteiger partial charge is 0.342 e. The van der Waals surface area contributed by atoms with Gasteiger partial charge in [-0.25, -0.2) is 0 Å². The number of carbonyl (C=O) groups is 2. The van der Waals surface area contributed by atoms with Gasteiger partial charge in [-0.3, -0.25) is 24.6 Å². The number of aromatic amines is 1. The fourth-order valence-corrected chi connectivity index (χ4v) is 5.55. The van der Waals surface area contributed by atoms with E-state index in [0.29, 0.717) is 18.4 Å². The van der Waals surface area contributed by atoms with Gasteiger partial charge >= 0.3 is 0 Å². The molecule has 3 heterocycles. The van der Waals surface area contributed by atoms with Gasteiger partial charge in [0, 0.05) is 48.8 Å².